The Hall–Kier alpha value is -1.11. The molecule has 0 bridgehead atoms. The fourth-order valence-corrected chi connectivity index (χ4v) is 3.36. The molecule has 0 aliphatic carbocycles. The van der Waals surface area contributed by atoms with E-state index in [2.05, 4.69) is 4.98 Å². The van der Waals surface area contributed by atoms with Crippen LogP contribution in [0.3, 0.4) is 0 Å². The van der Waals surface area contributed by atoms with Gasteiger partial charge in [-0.25, -0.2) is 13.4 Å². The Morgan fingerprint density at radius 1 is 1.45 bits per heavy atom. The van der Waals surface area contributed by atoms with Gasteiger partial charge in [0, 0.05) is 13.4 Å². The van der Waals surface area contributed by atoms with E-state index >= 15 is 0 Å². The van der Waals surface area contributed by atoms with Gasteiger partial charge < -0.3 is 9.30 Å². The van der Waals surface area contributed by atoms with Crippen LogP contribution in [-0.2, 0) is 20.5 Å². The van der Waals surface area contributed by atoms with Crippen molar-refractivity contribution in [3.05, 3.63) is 24.0 Å². The molecule has 1 unspecified atom stereocenters. The number of halogens is 1. The molecule has 1 heterocycles. The van der Waals surface area contributed by atoms with Gasteiger partial charge in [0.2, 0.25) is 0 Å². The van der Waals surface area contributed by atoms with Crippen LogP contribution in [0, 0.1) is 0 Å². The van der Waals surface area contributed by atoms with Gasteiger partial charge in [-0.2, -0.15) is 0 Å². The van der Waals surface area contributed by atoms with E-state index in [1.165, 1.54) is 6.26 Å². The summed E-state index contributed by atoms with van der Waals surface area (Å²) >= 11 is 5.94. The predicted molar refractivity (Wildman–Crippen MR) is 79.0 cm³/mol. The largest absolute Gasteiger partial charge is 0.383 e. The van der Waals surface area contributed by atoms with Crippen molar-refractivity contribution in [1.82, 2.24) is 9.55 Å². The minimum Gasteiger partial charge on any atom is -0.383 e. The zero-order valence-corrected chi connectivity index (χ0v) is 13.2. The van der Waals surface area contributed by atoms with Crippen LogP contribution in [0.4, 0.5) is 0 Å². The summed E-state index contributed by atoms with van der Waals surface area (Å²) in [5, 5.41) is 0. The second-order valence-electron chi connectivity index (χ2n) is 4.73. The SMILES string of the molecule is COCC(C)n1c(CCl)nc2c(S(C)(=O)=O)cccc21. The summed E-state index contributed by atoms with van der Waals surface area (Å²) in [6, 6.07) is 5.15. The molecular formula is C13H17ClN2O3S. The monoisotopic (exact) mass is 316 g/mol. The van der Waals surface area contributed by atoms with Crippen molar-refractivity contribution in [2.24, 2.45) is 0 Å². The van der Waals surface area contributed by atoms with Gasteiger partial charge in [0.1, 0.15) is 11.3 Å². The minimum absolute atomic E-state index is 0.0218. The van der Waals surface area contributed by atoms with E-state index in [0.29, 0.717) is 17.9 Å². The van der Waals surface area contributed by atoms with Gasteiger partial charge in [0.25, 0.3) is 0 Å². The van der Waals surface area contributed by atoms with Crippen LogP contribution < -0.4 is 0 Å². The number of imidazole rings is 1. The van der Waals surface area contributed by atoms with Gasteiger partial charge in [-0.15, -0.1) is 11.6 Å². The molecule has 0 aliphatic rings. The number of para-hydroxylation sites is 1. The second-order valence-corrected chi connectivity index (χ2v) is 6.98. The average molecular weight is 317 g/mol. The van der Waals surface area contributed by atoms with Crippen LogP contribution >= 0.6 is 11.6 Å². The van der Waals surface area contributed by atoms with Gasteiger partial charge in [-0.1, -0.05) is 6.07 Å². The van der Waals surface area contributed by atoms with E-state index in [1.54, 1.807) is 19.2 Å². The Bertz CT molecular complexity index is 725. The molecule has 0 aliphatic heterocycles. The van der Waals surface area contributed by atoms with Crippen molar-refractivity contribution >= 4 is 32.5 Å². The third-order valence-corrected chi connectivity index (χ3v) is 4.49. The van der Waals surface area contributed by atoms with Crippen LogP contribution in [0.1, 0.15) is 18.8 Å². The Morgan fingerprint density at radius 3 is 2.70 bits per heavy atom. The Morgan fingerprint density at radius 2 is 2.15 bits per heavy atom. The van der Waals surface area contributed by atoms with Crippen molar-refractivity contribution in [1.29, 1.82) is 0 Å². The molecule has 0 N–H and O–H groups in total. The maximum absolute atomic E-state index is 11.8. The molecule has 1 aromatic heterocycles. The molecule has 0 saturated heterocycles. The molecule has 1 atom stereocenters. The first-order valence-electron chi connectivity index (χ1n) is 6.15. The summed E-state index contributed by atoms with van der Waals surface area (Å²) in [5.74, 6) is 0.855. The quantitative estimate of drug-likeness (QED) is 0.795. The van der Waals surface area contributed by atoms with Crippen molar-refractivity contribution in [2.45, 2.75) is 23.7 Å². The average Bonchev–Trinajstić information content (AvgIpc) is 2.75. The first-order valence-corrected chi connectivity index (χ1v) is 8.57. The number of methoxy groups -OCH3 is 1. The molecule has 5 nitrogen and oxygen atoms in total. The third-order valence-electron chi connectivity index (χ3n) is 3.12. The number of benzene rings is 1. The summed E-state index contributed by atoms with van der Waals surface area (Å²) in [5.41, 5.74) is 1.22. The van der Waals surface area contributed by atoms with E-state index in [-0.39, 0.29) is 16.8 Å². The van der Waals surface area contributed by atoms with Crippen LogP contribution in [-0.4, -0.2) is 37.9 Å². The van der Waals surface area contributed by atoms with Gasteiger partial charge in [0.05, 0.1) is 28.9 Å². The standard InChI is InChI=1S/C13H17ClN2O3S/c1-9(8-19-2)16-10-5-4-6-11(20(3,17)18)13(10)15-12(16)7-14/h4-6,9H,7-8H2,1-3H3. The lowest BCUT2D eigenvalue weighted by Crippen LogP contribution is -2.13. The van der Waals surface area contributed by atoms with Crippen molar-refractivity contribution in [2.75, 3.05) is 20.0 Å². The molecule has 0 amide bonds. The number of nitrogens with zero attached hydrogens (tertiary/aromatic N) is 2. The molecule has 0 saturated carbocycles. The van der Waals surface area contributed by atoms with Crippen molar-refractivity contribution in [3.8, 4) is 0 Å². The van der Waals surface area contributed by atoms with E-state index in [0.717, 1.165) is 5.52 Å². The lowest BCUT2D eigenvalue weighted by atomic mass is 10.3. The number of rotatable bonds is 5. The fourth-order valence-electron chi connectivity index (χ4n) is 2.34. The Balaban J connectivity index is 2.76. The highest BCUT2D eigenvalue weighted by atomic mass is 35.5. The molecule has 20 heavy (non-hydrogen) atoms. The summed E-state index contributed by atoms with van der Waals surface area (Å²) in [6.45, 7) is 2.48. The van der Waals surface area contributed by atoms with Crippen LogP contribution in [0.5, 0.6) is 0 Å². The van der Waals surface area contributed by atoms with Crippen molar-refractivity contribution in [3.63, 3.8) is 0 Å². The summed E-state index contributed by atoms with van der Waals surface area (Å²) < 4.78 is 30.8. The lowest BCUT2D eigenvalue weighted by molar-refractivity contribution is 0.163. The van der Waals surface area contributed by atoms with E-state index in [1.807, 2.05) is 17.6 Å². The van der Waals surface area contributed by atoms with E-state index in [9.17, 15) is 8.42 Å². The molecule has 2 aromatic rings. The van der Waals surface area contributed by atoms with E-state index < -0.39 is 9.84 Å². The minimum atomic E-state index is -3.33. The van der Waals surface area contributed by atoms with Gasteiger partial charge in [-0.05, 0) is 19.1 Å². The molecule has 1 aromatic carbocycles. The molecule has 0 radical (unpaired) electrons. The normalized spacial score (nSPS) is 13.8. The van der Waals surface area contributed by atoms with Gasteiger partial charge in [0.15, 0.2) is 9.84 Å². The highest BCUT2D eigenvalue weighted by Crippen LogP contribution is 2.27. The number of hydrogen-bond acceptors (Lipinski definition) is 4. The number of sulfone groups is 1. The molecule has 0 fully saturated rings. The Kier molecular flexibility index (Phi) is 4.36. The predicted octanol–water partition coefficient (Wildman–Crippen LogP) is 2.39. The molecule has 110 valence electrons. The maximum Gasteiger partial charge on any atom is 0.177 e. The summed E-state index contributed by atoms with van der Waals surface area (Å²) in [7, 11) is -1.71. The van der Waals surface area contributed by atoms with Crippen LogP contribution in [0.15, 0.2) is 23.1 Å². The van der Waals surface area contributed by atoms with Crippen LogP contribution in [0.25, 0.3) is 11.0 Å². The number of hydrogen-bond donors (Lipinski definition) is 0. The molecule has 2 rings (SSSR count). The number of aromatic nitrogens is 2. The molecule has 7 heteroatoms. The first kappa shape index (κ1) is 15.3. The highest BCUT2D eigenvalue weighted by molar-refractivity contribution is 7.91. The smallest absolute Gasteiger partial charge is 0.177 e. The molecule has 0 spiro atoms. The number of ether oxygens (including phenoxy) is 1. The van der Waals surface area contributed by atoms with E-state index in [4.69, 9.17) is 16.3 Å². The highest BCUT2D eigenvalue weighted by Gasteiger charge is 2.20. The zero-order chi connectivity index (χ0) is 14.9. The zero-order valence-electron chi connectivity index (χ0n) is 11.6. The third kappa shape index (κ3) is 2.68. The first-order chi connectivity index (χ1) is 9.40. The van der Waals surface area contributed by atoms with Gasteiger partial charge in [-0.3, -0.25) is 0 Å². The van der Waals surface area contributed by atoms with Crippen molar-refractivity contribution < 1.29 is 13.2 Å². The number of alkyl halides is 1. The summed E-state index contributed by atoms with van der Waals surface area (Å²) in [4.78, 5) is 4.62. The molecular weight excluding hydrogens is 300 g/mol. The fraction of sp³-hybridized carbons (Fsp3) is 0.462. The maximum atomic E-state index is 11.8. The topological polar surface area (TPSA) is 61.2 Å². The second kappa shape index (κ2) is 5.71. The van der Waals surface area contributed by atoms with Gasteiger partial charge >= 0.3 is 0 Å². The summed E-state index contributed by atoms with van der Waals surface area (Å²) in [6.07, 6.45) is 1.18. The lowest BCUT2D eigenvalue weighted by Gasteiger charge is -2.16. The van der Waals surface area contributed by atoms with Crippen LogP contribution in [0.2, 0.25) is 0 Å². The Labute approximate surface area is 123 Å². The number of fused-ring (bicyclic) bond motifs is 1.